The Morgan fingerprint density at radius 2 is 2.10 bits per heavy atom. The number of amides is 3. The number of urea groups is 1. The molecule has 3 unspecified atom stereocenters. The molecule has 1 N–H and O–H groups in total. The van der Waals surface area contributed by atoms with Gasteiger partial charge in [0.25, 0.3) is 0 Å². The number of hydrogen-bond donors (Lipinski definition) is 1. The van der Waals surface area contributed by atoms with Crippen LogP contribution in [0.3, 0.4) is 0 Å². The minimum absolute atomic E-state index is 0.0242. The largest absolute Gasteiger partial charge is 0.366 e. The molecule has 0 aromatic carbocycles. The van der Waals surface area contributed by atoms with E-state index in [2.05, 4.69) is 5.32 Å². The minimum Gasteiger partial charge on any atom is -0.366 e. The number of likely N-dealkylation sites (tertiary alicyclic amines) is 2. The summed E-state index contributed by atoms with van der Waals surface area (Å²) in [6.07, 6.45) is 6.05. The molecule has 5 rings (SSSR count). The predicted octanol–water partition coefficient (Wildman–Crippen LogP) is 2.17. The maximum Gasteiger partial charge on any atom is 0.320 e. The van der Waals surface area contributed by atoms with E-state index in [-0.39, 0.29) is 46.7 Å². The molecular weight excluding hydrogens is 417 g/mol. The first kappa shape index (κ1) is 19.9. The van der Waals surface area contributed by atoms with E-state index in [0.717, 1.165) is 32.4 Å². The minimum atomic E-state index is -0.910. The van der Waals surface area contributed by atoms with E-state index in [4.69, 9.17) is 16.3 Å². The van der Waals surface area contributed by atoms with Crippen LogP contribution in [0.5, 0.6) is 0 Å². The van der Waals surface area contributed by atoms with Crippen molar-refractivity contribution in [3.63, 3.8) is 0 Å². The third-order valence-electron chi connectivity index (χ3n) is 6.91. The van der Waals surface area contributed by atoms with Crippen molar-refractivity contribution in [3.05, 3.63) is 12.2 Å². The molecule has 1 saturated carbocycles. The highest BCUT2D eigenvalue weighted by Crippen LogP contribution is 2.54. The lowest BCUT2D eigenvalue weighted by atomic mass is 9.63. The molecule has 3 saturated heterocycles. The van der Waals surface area contributed by atoms with Crippen molar-refractivity contribution in [3.8, 4) is 0 Å². The molecule has 160 valence electrons. The molecule has 5 aliphatic rings. The second kappa shape index (κ2) is 7.61. The second-order valence-electron chi connectivity index (χ2n) is 9.18. The maximum atomic E-state index is 13.4. The zero-order valence-corrected chi connectivity index (χ0v) is 17.8. The number of alkyl halides is 2. The number of halogens is 2. The van der Waals surface area contributed by atoms with Gasteiger partial charge in [-0.2, -0.15) is 0 Å². The topological polar surface area (TPSA) is 61.9 Å². The number of nitrogens with zero attached hydrogens (tertiary/aromatic N) is 2. The molecule has 0 bridgehead atoms. The molecule has 0 aromatic rings. The summed E-state index contributed by atoms with van der Waals surface area (Å²) >= 11 is 8.19. The van der Waals surface area contributed by atoms with Gasteiger partial charge in [-0.25, -0.2) is 9.18 Å². The van der Waals surface area contributed by atoms with Crippen molar-refractivity contribution < 1.29 is 18.7 Å². The highest BCUT2D eigenvalue weighted by molar-refractivity contribution is 8.00. The Morgan fingerprint density at radius 1 is 1.31 bits per heavy atom. The average molecular weight is 444 g/mol. The summed E-state index contributed by atoms with van der Waals surface area (Å²) in [6, 6.07) is -0.0142. The number of nitrogens with one attached hydrogen (secondary N) is 1. The third-order valence-corrected chi connectivity index (χ3v) is 9.02. The third kappa shape index (κ3) is 3.88. The lowest BCUT2D eigenvalue weighted by Gasteiger charge is -2.60. The molecule has 3 amide bonds. The first-order valence-electron chi connectivity index (χ1n) is 10.5. The molecule has 3 heterocycles. The predicted molar refractivity (Wildman–Crippen MR) is 110 cm³/mol. The standard InChI is InChI=1S/C20H27ClFN3O3S/c21-14-5-12(22)1-2-17(14)29-13-6-20(7-13)10-25(11-20)19(27)24-4-3-16-15(8-24)23-18(26)9-28-16/h1-2,12-17H,3-11H2,(H,23,26)/t12?,14?,15-,16+,17?/m1/s1. The summed E-state index contributed by atoms with van der Waals surface area (Å²) in [6.45, 7) is 2.95. The van der Waals surface area contributed by atoms with Crippen LogP contribution >= 0.6 is 23.4 Å². The normalized spacial score (nSPS) is 38.8. The van der Waals surface area contributed by atoms with Crippen LogP contribution < -0.4 is 5.32 Å². The maximum absolute atomic E-state index is 13.4. The fourth-order valence-corrected chi connectivity index (χ4v) is 7.60. The highest BCUT2D eigenvalue weighted by Gasteiger charge is 2.55. The van der Waals surface area contributed by atoms with Gasteiger partial charge in [0.2, 0.25) is 5.91 Å². The second-order valence-corrected chi connectivity index (χ2v) is 11.2. The van der Waals surface area contributed by atoms with Crippen LogP contribution in [0, 0.1) is 5.41 Å². The lowest BCUT2D eigenvalue weighted by molar-refractivity contribution is -0.140. The van der Waals surface area contributed by atoms with Gasteiger partial charge in [-0.3, -0.25) is 4.79 Å². The summed E-state index contributed by atoms with van der Waals surface area (Å²) in [4.78, 5) is 28.2. The van der Waals surface area contributed by atoms with Crippen molar-refractivity contribution in [1.82, 2.24) is 15.1 Å². The Labute approximate surface area is 179 Å². The highest BCUT2D eigenvalue weighted by atomic mass is 35.5. The van der Waals surface area contributed by atoms with E-state index < -0.39 is 6.17 Å². The van der Waals surface area contributed by atoms with Crippen molar-refractivity contribution in [2.45, 2.75) is 59.9 Å². The zero-order valence-electron chi connectivity index (χ0n) is 16.3. The molecule has 0 radical (unpaired) electrons. The van der Waals surface area contributed by atoms with Crippen molar-refractivity contribution in [2.75, 3.05) is 32.8 Å². The molecule has 2 aliphatic carbocycles. The van der Waals surface area contributed by atoms with Crippen molar-refractivity contribution in [2.24, 2.45) is 5.41 Å². The molecule has 29 heavy (non-hydrogen) atoms. The SMILES string of the molecule is O=C1CO[C@H]2CCN(C(=O)N3CC4(CC(SC5C=CC(F)CC5Cl)C4)C3)C[C@H]2N1. The molecule has 6 nitrogen and oxygen atoms in total. The molecular formula is C20H27ClFN3O3S. The van der Waals surface area contributed by atoms with E-state index in [1.807, 2.05) is 27.6 Å². The van der Waals surface area contributed by atoms with Crippen LogP contribution in [0.15, 0.2) is 12.2 Å². The van der Waals surface area contributed by atoms with Gasteiger partial charge in [0.1, 0.15) is 12.8 Å². The lowest BCUT2D eigenvalue weighted by Crippen LogP contribution is -2.68. The smallest absolute Gasteiger partial charge is 0.320 e. The molecule has 3 aliphatic heterocycles. The molecule has 9 heteroatoms. The van der Waals surface area contributed by atoms with Crippen LogP contribution in [-0.4, -0.2) is 88.7 Å². The van der Waals surface area contributed by atoms with Gasteiger partial charge < -0.3 is 19.9 Å². The number of allylic oxidation sites excluding steroid dienone is 1. The van der Waals surface area contributed by atoms with Crippen LogP contribution in [0.1, 0.15) is 25.7 Å². The molecule has 1 spiro atoms. The number of rotatable bonds is 2. The number of thioether (sulfide) groups is 1. The van der Waals surface area contributed by atoms with E-state index in [0.29, 0.717) is 24.8 Å². The summed E-state index contributed by atoms with van der Waals surface area (Å²) in [5.74, 6) is -0.101. The Balaban J connectivity index is 1.07. The van der Waals surface area contributed by atoms with Crippen LogP contribution in [0.25, 0.3) is 0 Å². The summed E-state index contributed by atoms with van der Waals surface area (Å²) in [7, 11) is 0. The molecule has 0 aromatic heterocycles. The quantitative estimate of drug-likeness (QED) is 0.525. The van der Waals surface area contributed by atoms with E-state index in [1.54, 1.807) is 6.08 Å². The van der Waals surface area contributed by atoms with Crippen LogP contribution in [0.4, 0.5) is 9.18 Å². The van der Waals surface area contributed by atoms with Gasteiger partial charge in [-0.1, -0.05) is 12.2 Å². The van der Waals surface area contributed by atoms with Gasteiger partial charge in [0, 0.05) is 42.1 Å². The molecule has 4 fully saturated rings. The van der Waals surface area contributed by atoms with Gasteiger partial charge in [-0.15, -0.1) is 23.4 Å². The number of hydrogen-bond acceptors (Lipinski definition) is 4. The Kier molecular flexibility index (Phi) is 5.23. The van der Waals surface area contributed by atoms with E-state index in [1.165, 1.54) is 0 Å². The van der Waals surface area contributed by atoms with E-state index >= 15 is 0 Å². The van der Waals surface area contributed by atoms with Gasteiger partial charge >= 0.3 is 6.03 Å². The fourth-order valence-electron chi connectivity index (χ4n) is 5.36. The van der Waals surface area contributed by atoms with Crippen LogP contribution in [-0.2, 0) is 9.53 Å². The number of carbonyl (C=O) groups excluding carboxylic acids is 2. The average Bonchev–Trinajstić information content (AvgIpc) is 2.63. The summed E-state index contributed by atoms with van der Waals surface area (Å²) in [5.41, 5.74) is 0.261. The van der Waals surface area contributed by atoms with Crippen molar-refractivity contribution >= 4 is 35.3 Å². The number of ether oxygens (including phenoxy) is 1. The van der Waals surface area contributed by atoms with Gasteiger partial charge in [-0.05, 0) is 25.7 Å². The number of piperidine rings is 1. The number of fused-ring (bicyclic) bond motifs is 1. The summed E-state index contributed by atoms with van der Waals surface area (Å²) < 4.78 is 18.9. The molecule has 5 atom stereocenters. The fraction of sp³-hybridized carbons (Fsp3) is 0.800. The Morgan fingerprint density at radius 3 is 2.86 bits per heavy atom. The summed E-state index contributed by atoms with van der Waals surface area (Å²) in [5, 5.41) is 3.55. The first-order chi connectivity index (χ1) is 13.9. The van der Waals surface area contributed by atoms with Gasteiger partial charge in [0.05, 0.1) is 17.5 Å². The first-order valence-corrected chi connectivity index (χ1v) is 11.9. The zero-order chi connectivity index (χ0) is 20.2. The van der Waals surface area contributed by atoms with Crippen LogP contribution in [0.2, 0.25) is 0 Å². The number of morpholine rings is 1. The monoisotopic (exact) mass is 443 g/mol. The Bertz CT molecular complexity index is 711. The van der Waals surface area contributed by atoms with E-state index in [9.17, 15) is 14.0 Å². The Hall–Kier alpha value is -0.990. The van der Waals surface area contributed by atoms with Crippen molar-refractivity contribution in [1.29, 1.82) is 0 Å². The van der Waals surface area contributed by atoms with Gasteiger partial charge in [0.15, 0.2) is 0 Å². The number of carbonyl (C=O) groups is 2.